The van der Waals surface area contributed by atoms with E-state index in [1.54, 1.807) is 0 Å². The van der Waals surface area contributed by atoms with Crippen LogP contribution >= 0.6 is 0 Å². The molecule has 1 amide bonds. The largest absolute Gasteiger partial charge is 0.354 e. The van der Waals surface area contributed by atoms with Gasteiger partial charge in [0.2, 0.25) is 5.91 Å². The van der Waals surface area contributed by atoms with Crippen LogP contribution in [0.25, 0.3) is 0 Å². The number of hydrogen-bond donors (Lipinski definition) is 2. The number of hydrogen-bond acceptors (Lipinski definition) is 3. The molecule has 1 saturated carbocycles. The fraction of sp³-hybridized carbons (Fsp3) is 0.938. The van der Waals surface area contributed by atoms with Crippen molar-refractivity contribution in [3.63, 3.8) is 0 Å². The van der Waals surface area contributed by atoms with Crippen molar-refractivity contribution >= 4 is 5.91 Å². The summed E-state index contributed by atoms with van der Waals surface area (Å²) in [6.07, 6.45) is 5.66. The molecule has 0 unspecified atom stereocenters. The van der Waals surface area contributed by atoms with E-state index < -0.39 is 0 Å². The van der Waals surface area contributed by atoms with E-state index in [-0.39, 0.29) is 5.41 Å². The molecule has 4 nitrogen and oxygen atoms in total. The minimum Gasteiger partial charge on any atom is -0.354 e. The maximum absolute atomic E-state index is 12.6. The molecule has 20 heavy (non-hydrogen) atoms. The minimum atomic E-state index is -0.0579. The lowest BCUT2D eigenvalue weighted by molar-refractivity contribution is -0.131. The highest BCUT2D eigenvalue weighted by atomic mass is 16.2. The first-order valence-electron chi connectivity index (χ1n) is 8.34. The lowest BCUT2D eigenvalue weighted by Crippen LogP contribution is -2.48. The van der Waals surface area contributed by atoms with Gasteiger partial charge in [-0.2, -0.15) is 0 Å². The molecule has 1 heterocycles. The Balaban J connectivity index is 1.76. The molecule has 1 aliphatic heterocycles. The number of nitrogens with zero attached hydrogens (tertiary/aromatic N) is 1. The van der Waals surface area contributed by atoms with Crippen LogP contribution in [0.1, 0.15) is 46.0 Å². The van der Waals surface area contributed by atoms with Crippen LogP contribution < -0.4 is 10.6 Å². The van der Waals surface area contributed by atoms with Crippen molar-refractivity contribution in [2.24, 2.45) is 11.3 Å². The van der Waals surface area contributed by atoms with Crippen LogP contribution in [0.3, 0.4) is 0 Å². The molecular weight excluding hydrogens is 250 g/mol. The van der Waals surface area contributed by atoms with Crippen molar-refractivity contribution < 1.29 is 4.79 Å². The van der Waals surface area contributed by atoms with Crippen LogP contribution in [0, 0.1) is 11.3 Å². The van der Waals surface area contributed by atoms with E-state index in [2.05, 4.69) is 29.4 Å². The topological polar surface area (TPSA) is 44.4 Å². The summed E-state index contributed by atoms with van der Waals surface area (Å²) >= 11 is 0. The summed E-state index contributed by atoms with van der Waals surface area (Å²) in [5.74, 6) is 0.922. The Morgan fingerprint density at radius 2 is 1.90 bits per heavy atom. The number of piperazine rings is 1. The SMILES string of the molecule is CC(C)CC1(C(=O)NCCN2CCNCC2)CCCC1. The van der Waals surface area contributed by atoms with Gasteiger partial charge in [0.25, 0.3) is 0 Å². The number of carbonyl (C=O) groups is 1. The van der Waals surface area contributed by atoms with Gasteiger partial charge in [-0.05, 0) is 25.2 Å². The molecule has 0 spiro atoms. The zero-order valence-corrected chi connectivity index (χ0v) is 13.2. The first kappa shape index (κ1) is 15.8. The first-order valence-corrected chi connectivity index (χ1v) is 8.34. The van der Waals surface area contributed by atoms with Crippen molar-refractivity contribution in [1.82, 2.24) is 15.5 Å². The molecule has 0 aromatic heterocycles. The lowest BCUT2D eigenvalue weighted by atomic mass is 9.77. The third-order valence-electron chi connectivity index (χ3n) is 4.76. The molecule has 1 aliphatic carbocycles. The molecule has 116 valence electrons. The van der Waals surface area contributed by atoms with Gasteiger partial charge in [-0.25, -0.2) is 0 Å². The number of carbonyl (C=O) groups excluding carboxylic acids is 1. The van der Waals surface area contributed by atoms with Gasteiger partial charge in [0.15, 0.2) is 0 Å². The van der Waals surface area contributed by atoms with Gasteiger partial charge in [0, 0.05) is 44.7 Å². The third-order valence-corrected chi connectivity index (χ3v) is 4.76. The molecule has 2 N–H and O–H groups in total. The second-order valence-corrected chi connectivity index (χ2v) is 6.93. The van der Waals surface area contributed by atoms with Crippen LogP contribution in [0.15, 0.2) is 0 Å². The smallest absolute Gasteiger partial charge is 0.226 e. The van der Waals surface area contributed by atoms with Gasteiger partial charge in [0.05, 0.1) is 0 Å². The lowest BCUT2D eigenvalue weighted by Gasteiger charge is -2.31. The summed E-state index contributed by atoms with van der Waals surface area (Å²) in [4.78, 5) is 15.0. The van der Waals surface area contributed by atoms with E-state index in [9.17, 15) is 4.79 Å². The first-order chi connectivity index (χ1) is 9.62. The monoisotopic (exact) mass is 281 g/mol. The highest BCUT2D eigenvalue weighted by molar-refractivity contribution is 5.82. The van der Waals surface area contributed by atoms with E-state index in [1.807, 2.05) is 0 Å². The van der Waals surface area contributed by atoms with Crippen molar-refractivity contribution in [2.45, 2.75) is 46.0 Å². The van der Waals surface area contributed by atoms with E-state index in [0.717, 1.165) is 58.5 Å². The van der Waals surface area contributed by atoms with Gasteiger partial charge < -0.3 is 10.6 Å². The average Bonchev–Trinajstić information content (AvgIpc) is 2.89. The van der Waals surface area contributed by atoms with Crippen molar-refractivity contribution in [2.75, 3.05) is 39.3 Å². The Hall–Kier alpha value is -0.610. The Bertz CT molecular complexity index is 305. The quantitative estimate of drug-likeness (QED) is 0.777. The minimum absolute atomic E-state index is 0.0579. The molecule has 0 bridgehead atoms. The Morgan fingerprint density at radius 3 is 2.50 bits per heavy atom. The summed E-state index contributed by atoms with van der Waals surface area (Å²) in [5, 5.41) is 6.57. The van der Waals surface area contributed by atoms with Crippen molar-refractivity contribution in [3.8, 4) is 0 Å². The Morgan fingerprint density at radius 1 is 1.25 bits per heavy atom. The van der Waals surface area contributed by atoms with Gasteiger partial charge >= 0.3 is 0 Å². The second-order valence-electron chi connectivity index (χ2n) is 6.93. The molecular formula is C16H31N3O. The zero-order chi connectivity index (χ0) is 14.4. The third kappa shape index (κ3) is 4.19. The van der Waals surface area contributed by atoms with Crippen molar-refractivity contribution in [1.29, 1.82) is 0 Å². The number of nitrogens with one attached hydrogen (secondary N) is 2. The number of amides is 1. The maximum Gasteiger partial charge on any atom is 0.226 e. The van der Waals surface area contributed by atoms with E-state index in [0.29, 0.717) is 11.8 Å². The molecule has 0 radical (unpaired) electrons. The fourth-order valence-electron chi connectivity index (χ4n) is 3.81. The summed E-state index contributed by atoms with van der Waals surface area (Å²) in [7, 11) is 0. The summed E-state index contributed by atoms with van der Waals surface area (Å²) < 4.78 is 0. The predicted molar refractivity (Wildman–Crippen MR) is 82.7 cm³/mol. The van der Waals surface area contributed by atoms with Crippen LogP contribution in [-0.4, -0.2) is 50.1 Å². The predicted octanol–water partition coefficient (Wildman–Crippen LogP) is 1.61. The van der Waals surface area contributed by atoms with Gasteiger partial charge in [-0.3, -0.25) is 9.69 Å². The van der Waals surface area contributed by atoms with Crippen LogP contribution in [0.5, 0.6) is 0 Å². The van der Waals surface area contributed by atoms with Gasteiger partial charge in [0.1, 0.15) is 0 Å². The highest BCUT2D eigenvalue weighted by Gasteiger charge is 2.41. The van der Waals surface area contributed by atoms with Gasteiger partial charge in [-0.1, -0.05) is 26.7 Å². The summed E-state index contributed by atoms with van der Waals surface area (Å²) in [6, 6.07) is 0. The van der Waals surface area contributed by atoms with E-state index in [4.69, 9.17) is 0 Å². The Kier molecular flexibility index (Phi) is 5.85. The molecule has 0 atom stereocenters. The second kappa shape index (κ2) is 7.41. The standard InChI is InChI=1S/C16H31N3O/c1-14(2)13-16(5-3-4-6-16)15(20)18-9-12-19-10-7-17-8-11-19/h14,17H,3-13H2,1-2H3,(H,18,20). The van der Waals surface area contributed by atoms with E-state index >= 15 is 0 Å². The highest BCUT2D eigenvalue weighted by Crippen LogP contribution is 2.43. The molecule has 2 rings (SSSR count). The van der Waals surface area contributed by atoms with E-state index in [1.165, 1.54) is 12.8 Å². The van der Waals surface area contributed by atoms with Crippen molar-refractivity contribution in [3.05, 3.63) is 0 Å². The van der Waals surface area contributed by atoms with Gasteiger partial charge in [-0.15, -0.1) is 0 Å². The molecule has 0 aromatic rings. The maximum atomic E-state index is 12.6. The Labute approximate surface area is 123 Å². The molecule has 2 aliphatic rings. The normalized spacial score (nSPS) is 23.1. The van der Waals surface area contributed by atoms with Crippen LogP contribution in [-0.2, 0) is 4.79 Å². The van der Waals surface area contributed by atoms with Crippen LogP contribution in [0.2, 0.25) is 0 Å². The fourth-order valence-corrected chi connectivity index (χ4v) is 3.81. The van der Waals surface area contributed by atoms with Crippen LogP contribution in [0.4, 0.5) is 0 Å². The zero-order valence-electron chi connectivity index (χ0n) is 13.2. The number of rotatable bonds is 6. The molecule has 4 heteroatoms. The molecule has 0 aromatic carbocycles. The molecule has 1 saturated heterocycles. The summed E-state index contributed by atoms with van der Waals surface area (Å²) in [5.41, 5.74) is -0.0579. The average molecular weight is 281 g/mol. The summed E-state index contributed by atoms with van der Waals surface area (Å²) in [6.45, 7) is 10.6. The molecule has 2 fully saturated rings.